The Morgan fingerprint density at radius 1 is 1.39 bits per heavy atom. The van der Waals surface area contributed by atoms with Crippen molar-refractivity contribution in [2.75, 3.05) is 26.4 Å². The standard InChI is InChI=1S/C11H22N2O4S/c1-13(2)18(16,17)7-6-12-10-5-3-4-9(8-10)11(14)15/h9-10,12H,3-8H2,1-2H3,(H,14,15). The third-order valence-electron chi connectivity index (χ3n) is 3.37. The lowest BCUT2D eigenvalue weighted by Crippen LogP contribution is -2.40. The minimum atomic E-state index is -3.17. The molecule has 0 amide bonds. The van der Waals surface area contributed by atoms with Crippen molar-refractivity contribution in [2.45, 2.75) is 31.7 Å². The van der Waals surface area contributed by atoms with Crippen LogP contribution in [0, 0.1) is 5.92 Å². The average Bonchev–Trinajstić information content (AvgIpc) is 2.29. The number of hydrogen-bond acceptors (Lipinski definition) is 4. The van der Waals surface area contributed by atoms with Crippen LogP contribution in [0.3, 0.4) is 0 Å². The molecule has 0 bridgehead atoms. The summed E-state index contributed by atoms with van der Waals surface area (Å²) in [5, 5.41) is 12.1. The predicted octanol–water partition coefficient (Wildman–Crippen LogP) is 0.111. The Kier molecular flexibility index (Phi) is 5.55. The number of carboxylic acid groups (broad SMARTS) is 1. The van der Waals surface area contributed by atoms with E-state index in [1.165, 1.54) is 18.4 Å². The lowest BCUT2D eigenvalue weighted by atomic mass is 9.86. The van der Waals surface area contributed by atoms with Crippen LogP contribution in [0.25, 0.3) is 0 Å². The zero-order valence-corrected chi connectivity index (χ0v) is 11.7. The van der Waals surface area contributed by atoms with Crippen LogP contribution >= 0.6 is 0 Å². The molecule has 1 aliphatic rings. The van der Waals surface area contributed by atoms with Crippen LogP contribution in [0.2, 0.25) is 0 Å². The Hall–Kier alpha value is -0.660. The molecule has 6 nitrogen and oxygen atoms in total. The highest BCUT2D eigenvalue weighted by molar-refractivity contribution is 7.89. The Balaban J connectivity index is 2.34. The molecule has 0 spiro atoms. The summed E-state index contributed by atoms with van der Waals surface area (Å²) in [4.78, 5) is 10.9. The van der Waals surface area contributed by atoms with Gasteiger partial charge in [-0.2, -0.15) is 0 Å². The summed E-state index contributed by atoms with van der Waals surface area (Å²) in [6, 6.07) is 0.122. The zero-order chi connectivity index (χ0) is 13.8. The number of carboxylic acids is 1. The van der Waals surface area contributed by atoms with Gasteiger partial charge in [0, 0.05) is 26.7 Å². The van der Waals surface area contributed by atoms with Crippen LogP contribution < -0.4 is 5.32 Å². The molecular formula is C11H22N2O4S. The van der Waals surface area contributed by atoms with E-state index in [9.17, 15) is 13.2 Å². The number of nitrogens with one attached hydrogen (secondary N) is 1. The van der Waals surface area contributed by atoms with Gasteiger partial charge in [-0.05, 0) is 19.3 Å². The van der Waals surface area contributed by atoms with Crippen molar-refractivity contribution in [1.29, 1.82) is 0 Å². The quantitative estimate of drug-likeness (QED) is 0.720. The van der Waals surface area contributed by atoms with E-state index in [0.29, 0.717) is 13.0 Å². The molecule has 0 aromatic carbocycles. The van der Waals surface area contributed by atoms with Crippen molar-refractivity contribution in [3.63, 3.8) is 0 Å². The molecule has 2 N–H and O–H groups in total. The minimum absolute atomic E-state index is 0.0498. The Labute approximate surface area is 108 Å². The second kappa shape index (κ2) is 6.49. The molecule has 106 valence electrons. The Bertz CT molecular complexity index is 381. The topological polar surface area (TPSA) is 86.7 Å². The molecule has 0 heterocycles. The summed E-state index contributed by atoms with van der Waals surface area (Å²) in [5.74, 6) is -0.988. The van der Waals surface area contributed by atoms with Gasteiger partial charge in [0.1, 0.15) is 0 Å². The van der Waals surface area contributed by atoms with Crippen molar-refractivity contribution >= 4 is 16.0 Å². The molecule has 2 unspecified atom stereocenters. The summed E-state index contributed by atoms with van der Waals surface area (Å²) in [7, 11) is -0.154. The fourth-order valence-electron chi connectivity index (χ4n) is 2.17. The van der Waals surface area contributed by atoms with Crippen molar-refractivity contribution in [3.8, 4) is 0 Å². The van der Waals surface area contributed by atoms with Crippen molar-refractivity contribution < 1.29 is 18.3 Å². The third kappa shape index (κ3) is 4.55. The molecule has 0 saturated heterocycles. The van der Waals surface area contributed by atoms with Gasteiger partial charge in [-0.25, -0.2) is 12.7 Å². The first-order chi connectivity index (χ1) is 8.33. The zero-order valence-electron chi connectivity index (χ0n) is 10.9. The van der Waals surface area contributed by atoms with Gasteiger partial charge < -0.3 is 10.4 Å². The normalized spacial score (nSPS) is 25.3. The fraction of sp³-hybridized carbons (Fsp3) is 0.909. The van der Waals surface area contributed by atoms with E-state index in [1.54, 1.807) is 0 Å². The highest BCUT2D eigenvalue weighted by Crippen LogP contribution is 2.24. The van der Waals surface area contributed by atoms with E-state index in [1.807, 2.05) is 0 Å². The molecule has 0 radical (unpaired) electrons. The van der Waals surface area contributed by atoms with Crippen LogP contribution in [0.4, 0.5) is 0 Å². The van der Waals surface area contributed by atoms with Crippen LogP contribution in [0.15, 0.2) is 0 Å². The van der Waals surface area contributed by atoms with Gasteiger partial charge in [-0.15, -0.1) is 0 Å². The molecule has 0 aliphatic heterocycles. The second-order valence-corrected chi connectivity index (χ2v) is 7.25. The summed E-state index contributed by atoms with van der Waals surface area (Å²) in [5.41, 5.74) is 0. The smallest absolute Gasteiger partial charge is 0.306 e. The number of rotatable bonds is 6. The molecule has 1 fully saturated rings. The first-order valence-electron chi connectivity index (χ1n) is 6.19. The maximum absolute atomic E-state index is 11.5. The molecule has 2 atom stereocenters. The minimum Gasteiger partial charge on any atom is -0.481 e. The molecular weight excluding hydrogens is 256 g/mol. The molecule has 0 aromatic heterocycles. The van der Waals surface area contributed by atoms with Gasteiger partial charge in [-0.1, -0.05) is 6.42 Å². The van der Waals surface area contributed by atoms with E-state index in [4.69, 9.17) is 5.11 Å². The maximum Gasteiger partial charge on any atom is 0.306 e. The van der Waals surface area contributed by atoms with Crippen molar-refractivity contribution in [2.24, 2.45) is 5.92 Å². The van der Waals surface area contributed by atoms with Crippen LogP contribution in [0.5, 0.6) is 0 Å². The van der Waals surface area contributed by atoms with Gasteiger partial charge in [0.2, 0.25) is 10.0 Å². The van der Waals surface area contributed by atoms with E-state index < -0.39 is 16.0 Å². The highest BCUT2D eigenvalue weighted by atomic mass is 32.2. The first kappa shape index (κ1) is 15.4. The molecule has 18 heavy (non-hydrogen) atoms. The number of hydrogen-bond donors (Lipinski definition) is 2. The number of carbonyl (C=O) groups is 1. The van der Waals surface area contributed by atoms with Crippen LogP contribution in [0.1, 0.15) is 25.7 Å². The fourth-order valence-corrected chi connectivity index (χ4v) is 2.92. The van der Waals surface area contributed by atoms with Gasteiger partial charge in [0.15, 0.2) is 0 Å². The van der Waals surface area contributed by atoms with Gasteiger partial charge in [0.25, 0.3) is 0 Å². The number of aliphatic carboxylic acids is 1. The maximum atomic E-state index is 11.5. The first-order valence-corrected chi connectivity index (χ1v) is 7.80. The average molecular weight is 278 g/mol. The lowest BCUT2D eigenvalue weighted by Gasteiger charge is -2.27. The summed E-state index contributed by atoms with van der Waals surface area (Å²) in [6.07, 6.45) is 3.13. The highest BCUT2D eigenvalue weighted by Gasteiger charge is 2.26. The van der Waals surface area contributed by atoms with E-state index in [2.05, 4.69) is 5.32 Å². The largest absolute Gasteiger partial charge is 0.481 e. The predicted molar refractivity (Wildman–Crippen MR) is 68.9 cm³/mol. The SMILES string of the molecule is CN(C)S(=O)(=O)CCNC1CCCC(C(=O)O)C1. The summed E-state index contributed by atoms with van der Waals surface area (Å²) >= 11 is 0. The molecule has 7 heteroatoms. The Morgan fingerprint density at radius 2 is 2.06 bits per heavy atom. The van der Waals surface area contributed by atoms with Crippen LogP contribution in [-0.2, 0) is 14.8 Å². The van der Waals surface area contributed by atoms with E-state index >= 15 is 0 Å². The number of sulfonamides is 1. The van der Waals surface area contributed by atoms with Gasteiger partial charge >= 0.3 is 5.97 Å². The van der Waals surface area contributed by atoms with Gasteiger partial charge in [-0.3, -0.25) is 4.79 Å². The lowest BCUT2D eigenvalue weighted by molar-refractivity contribution is -0.143. The summed E-state index contributed by atoms with van der Waals surface area (Å²) < 4.78 is 24.3. The summed E-state index contributed by atoms with van der Waals surface area (Å²) in [6.45, 7) is 0.373. The number of nitrogens with zero attached hydrogens (tertiary/aromatic N) is 1. The molecule has 1 aliphatic carbocycles. The van der Waals surface area contributed by atoms with E-state index in [0.717, 1.165) is 19.3 Å². The second-order valence-electron chi connectivity index (χ2n) is 4.95. The van der Waals surface area contributed by atoms with Crippen molar-refractivity contribution in [1.82, 2.24) is 9.62 Å². The third-order valence-corrected chi connectivity index (χ3v) is 5.21. The van der Waals surface area contributed by atoms with Gasteiger partial charge in [0.05, 0.1) is 11.7 Å². The monoisotopic (exact) mass is 278 g/mol. The molecule has 1 saturated carbocycles. The van der Waals surface area contributed by atoms with Crippen molar-refractivity contribution in [3.05, 3.63) is 0 Å². The Morgan fingerprint density at radius 3 is 2.61 bits per heavy atom. The van der Waals surface area contributed by atoms with Crippen LogP contribution in [-0.4, -0.2) is 56.2 Å². The van der Waals surface area contributed by atoms with E-state index in [-0.39, 0.29) is 17.7 Å². The molecule has 1 rings (SSSR count). The molecule has 0 aromatic rings.